The summed E-state index contributed by atoms with van der Waals surface area (Å²) in [5.41, 5.74) is 0.358. The van der Waals surface area contributed by atoms with Gasteiger partial charge in [-0.2, -0.15) is 4.31 Å². The van der Waals surface area contributed by atoms with E-state index in [1.54, 1.807) is 48.5 Å². The molecule has 0 spiro atoms. The molecular formula is C19H19NO6S. The fourth-order valence-corrected chi connectivity index (χ4v) is 4.63. The highest BCUT2D eigenvalue weighted by Crippen LogP contribution is 2.29. The van der Waals surface area contributed by atoms with Gasteiger partial charge in [-0.1, -0.05) is 36.4 Å². The third-order valence-corrected chi connectivity index (χ3v) is 6.21. The number of rotatable bonds is 5. The maximum atomic E-state index is 12.9. The molecular weight excluding hydrogens is 370 g/mol. The molecule has 2 aromatic rings. The van der Waals surface area contributed by atoms with Crippen LogP contribution in [0, 0.1) is 0 Å². The van der Waals surface area contributed by atoms with Gasteiger partial charge >= 0.3 is 11.9 Å². The van der Waals surface area contributed by atoms with E-state index in [9.17, 15) is 18.0 Å². The van der Waals surface area contributed by atoms with Crippen LogP contribution in [-0.2, 0) is 24.3 Å². The molecule has 0 aliphatic carbocycles. The zero-order chi connectivity index (χ0) is 19.4. The average Bonchev–Trinajstić information content (AvgIpc) is 3.13. The number of methoxy groups -OCH3 is 1. The molecule has 27 heavy (non-hydrogen) atoms. The minimum absolute atomic E-state index is 0.0390. The number of esters is 2. The number of carbonyl (C=O) groups excluding carboxylic acids is 2. The molecule has 142 valence electrons. The van der Waals surface area contributed by atoms with Gasteiger partial charge in [-0.25, -0.2) is 13.2 Å². The molecule has 3 rings (SSSR count). The third kappa shape index (κ3) is 4.01. The molecule has 1 heterocycles. The maximum Gasteiger partial charge on any atom is 0.338 e. The Morgan fingerprint density at radius 1 is 1.00 bits per heavy atom. The highest BCUT2D eigenvalue weighted by molar-refractivity contribution is 7.89. The van der Waals surface area contributed by atoms with Crippen LogP contribution in [0.4, 0.5) is 0 Å². The van der Waals surface area contributed by atoms with E-state index >= 15 is 0 Å². The molecule has 1 saturated heterocycles. The van der Waals surface area contributed by atoms with Crippen molar-refractivity contribution in [1.82, 2.24) is 4.31 Å². The summed E-state index contributed by atoms with van der Waals surface area (Å²) in [6.45, 7) is -0.116. The van der Waals surface area contributed by atoms with E-state index < -0.39 is 34.1 Å². The van der Waals surface area contributed by atoms with E-state index in [-0.39, 0.29) is 17.9 Å². The van der Waals surface area contributed by atoms with Crippen LogP contribution in [0.5, 0.6) is 0 Å². The van der Waals surface area contributed by atoms with E-state index in [0.717, 1.165) is 4.31 Å². The van der Waals surface area contributed by atoms with E-state index in [1.165, 1.54) is 19.2 Å². The van der Waals surface area contributed by atoms with Crippen LogP contribution >= 0.6 is 0 Å². The Bertz CT molecular complexity index is 914. The van der Waals surface area contributed by atoms with Gasteiger partial charge in [-0.05, 0) is 24.3 Å². The summed E-state index contributed by atoms with van der Waals surface area (Å²) in [6.07, 6.45) is -0.711. The predicted molar refractivity (Wildman–Crippen MR) is 96.4 cm³/mol. The minimum Gasteiger partial charge on any atom is -0.468 e. The second-order valence-corrected chi connectivity index (χ2v) is 7.95. The van der Waals surface area contributed by atoms with Gasteiger partial charge in [0.25, 0.3) is 0 Å². The number of hydrogen-bond acceptors (Lipinski definition) is 6. The van der Waals surface area contributed by atoms with Crippen molar-refractivity contribution < 1.29 is 27.5 Å². The zero-order valence-electron chi connectivity index (χ0n) is 14.6. The first-order chi connectivity index (χ1) is 12.9. The third-order valence-electron chi connectivity index (χ3n) is 4.32. The SMILES string of the molecule is COC(=O)[C@H]1C[C@H](OC(=O)c2ccccc2)CN1S(=O)(=O)c1ccccc1. The van der Waals surface area contributed by atoms with Gasteiger partial charge < -0.3 is 9.47 Å². The Morgan fingerprint density at radius 2 is 1.59 bits per heavy atom. The molecule has 2 aromatic carbocycles. The molecule has 0 unspecified atom stereocenters. The average molecular weight is 389 g/mol. The van der Waals surface area contributed by atoms with Crippen molar-refractivity contribution in [2.24, 2.45) is 0 Å². The molecule has 0 radical (unpaired) electrons. The molecule has 2 atom stereocenters. The van der Waals surface area contributed by atoms with Crippen LogP contribution in [0.15, 0.2) is 65.6 Å². The topological polar surface area (TPSA) is 90.0 Å². The van der Waals surface area contributed by atoms with Gasteiger partial charge in [0, 0.05) is 6.42 Å². The van der Waals surface area contributed by atoms with E-state index in [2.05, 4.69) is 0 Å². The number of ether oxygens (including phenoxy) is 2. The van der Waals surface area contributed by atoms with Gasteiger partial charge in [-0.15, -0.1) is 0 Å². The fraction of sp³-hybridized carbons (Fsp3) is 0.263. The summed E-state index contributed by atoms with van der Waals surface area (Å²) in [7, 11) is -2.74. The normalized spacial score (nSPS) is 20.2. The van der Waals surface area contributed by atoms with Crippen LogP contribution in [0.2, 0.25) is 0 Å². The van der Waals surface area contributed by atoms with Crippen molar-refractivity contribution in [3.8, 4) is 0 Å². The molecule has 1 fully saturated rings. The van der Waals surface area contributed by atoms with Crippen LogP contribution in [0.25, 0.3) is 0 Å². The van der Waals surface area contributed by atoms with E-state index in [1.807, 2.05) is 0 Å². The summed E-state index contributed by atoms with van der Waals surface area (Å²) >= 11 is 0. The van der Waals surface area contributed by atoms with Crippen molar-refractivity contribution in [2.75, 3.05) is 13.7 Å². The highest BCUT2D eigenvalue weighted by atomic mass is 32.2. The smallest absolute Gasteiger partial charge is 0.338 e. The number of hydrogen-bond donors (Lipinski definition) is 0. The zero-order valence-corrected chi connectivity index (χ0v) is 15.5. The quantitative estimate of drug-likeness (QED) is 0.725. The molecule has 0 amide bonds. The number of nitrogens with zero attached hydrogens (tertiary/aromatic N) is 1. The highest BCUT2D eigenvalue weighted by Gasteiger charge is 2.46. The Hall–Kier alpha value is -2.71. The van der Waals surface area contributed by atoms with Crippen molar-refractivity contribution in [1.29, 1.82) is 0 Å². The number of benzene rings is 2. The second-order valence-electron chi connectivity index (χ2n) is 6.06. The monoisotopic (exact) mass is 389 g/mol. The van der Waals surface area contributed by atoms with Crippen molar-refractivity contribution in [2.45, 2.75) is 23.5 Å². The lowest BCUT2D eigenvalue weighted by atomic mass is 10.2. The van der Waals surface area contributed by atoms with Crippen molar-refractivity contribution >= 4 is 22.0 Å². The fourth-order valence-electron chi connectivity index (χ4n) is 2.99. The summed E-state index contributed by atoms with van der Waals surface area (Å²) in [5, 5.41) is 0. The first kappa shape index (κ1) is 19.1. The summed E-state index contributed by atoms with van der Waals surface area (Å²) in [4.78, 5) is 24.5. The lowest BCUT2D eigenvalue weighted by molar-refractivity contribution is -0.144. The number of sulfonamides is 1. The molecule has 7 nitrogen and oxygen atoms in total. The molecule has 0 aromatic heterocycles. The molecule has 0 bridgehead atoms. The first-order valence-electron chi connectivity index (χ1n) is 8.34. The second kappa shape index (κ2) is 7.89. The van der Waals surface area contributed by atoms with Crippen molar-refractivity contribution in [3.05, 3.63) is 66.2 Å². The molecule has 1 aliphatic heterocycles. The Labute approximate surface area is 157 Å². The van der Waals surface area contributed by atoms with Crippen molar-refractivity contribution in [3.63, 3.8) is 0 Å². The summed E-state index contributed by atoms with van der Waals surface area (Å²) in [5.74, 6) is -1.25. The molecule has 8 heteroatoms. The summed E-state index contributed by atoms with van der Waals surface area (Å²) < 4.78 is 37.1. The Morgan fingerprint density at radius 3 is 2.19 bits per heavy atom. The van der Waals surface area contributed by atoms with Crippen LogP contribution in [0.1, 0.15) is 16.8 Å². The van der Waals surface area contributed by atoms with Gasteiger partial charge in [0.05, 0.1) is 24.1 Å². The predicted octanol–water partition coefficient (Wildman–Crippen LogP) is 1.85. The standard InChI is InChI=1S/C19H19NO6S/c1-25-19(22)17-12-15(26-18(21)14-8-4-2-5-9-14)13-20(17)27(23,24)16-10-6-3-7-11-16/h2-11,15,17H,12-13H2,1H3/t15-,17+/m0/s1. The lowest BCUT2D eigenvalue weighted by Gasteiger charge is -2.21. The maximum absolute atomic E-state index is 12.9. The van der Waals surface area contributed by atoms with E-state index in [0.29, 0.717) is 5.56 Å². The summed E-state index contributed by atoms with van der Waals surface area (Å²) in [6, 6.07) is 15.1. The van der Waals surface area contributed by atoms with Crippen LogP contribution in [0.3, 0.4) is 0 Å². The number of carbonyl (C=O) groups is 2. The van der Waals surface area contributed by atoms with Crippen LogP contribution in [-0.4, -0.2) is 50.5 Å². The van der Waals surface area contributed by atoms with Gasteiger partial charge in [0.2, 0.25) is 10.0 Å². The van der Waals surface area contributed by atoms with Crippen LogP contribution < -0.4 is 0 Å². The minimum atomic E-state index is -3.94. The Kier molecular flexibility index (Phi) is 5.57. The molecule has 1 aliphatic rings. The van der Waals surface area contributed by atoms with E-state index in [4.69, 9.17) is 9.47 Å². The Balaban J connectivity index is 1.83. The van der Waals surface area contributed by atoms with Gasteiger partial charge in [-0.3, -0.25) is 4.79 Å². The van der Waals surface area contributed by atoms with Gasteiger partial charge in [0.15, 0.2) is 0 Å². The first-order valence-corrected chi connectivity index (χ1v) is 9.78. The largest absolute Gasteiger partial charge is 0.468 e. The molecule has 0 saturated carbocycles. The molecule has 0 N–H and O–H groups in total. The van der Waals surface area contributed by atoms with Gasteiger partial charge in [0.1, 0.15) is 12.1 Å². The lowest BCUT2D eigenvalue weighted by Crippen LogP contribution is -2.41.